The Morgan fingerprint density at radius 2 is 1.66 bits per heavy atom. The molecule has 9 heteroatoms. The minimum atomic E-state index is -3.56. The molecule has 8 nitrogen and oxygen atoms in total. The standard InChI is InChI=1S/C23H23N3O5S/c1-16-7-4-5-8-19(16)15-25(32(3,30)31)20-13-11-18(12-14-20)23(27)24-21-9-6-10-22(17(21)2)26(28)29/h4-14H,15H2,1-3H3,(H,24,27). The van der Waals surface area contributed by atoms with E-state index in [0.29, 0.717) is 22.5 Å². The van der Waals surface area contributed by atoms with E-state index < -0.39 is 20.9 Å². The third-order valence-electron chi connectivity index (χ3n) is 5.14. The van der Waals surface area contributed by atoms with Crippen LogP contribution >= 0.6 is 0 Å². The molecule has 32 heavy (non-hydrogen) atoms. The van der Waals surface area contributed by atoms with Gasteiger partial charge < -0.3 is 5.32 Å². The van der Waals surface area contributed by atoms with Crippen molar-refractivity contribution in [1.82, 2.24) is 0 Å². The molecule has 0 aromatic heterocycles. The van der Waals surface area contributed by atoms with Crippen molar-refractivity contribution in [3.63, 3.8) is 0 Å². The van der Waals surface area contributed by atoms with E-state index in [1.54, 1.807) is 25.1 Å². The third kappa shape index (κ3) is 5.12. The maximum absolute atomic E-state index is 12.6. The first-order chi connectivity index (χ1) is 15.1. The van der Waals surface area contributed by atoms with Gasteiger partial charge in [-0.05, 0) is 55.3 Å². The van der Waals surface area contributed by atoms with Crippen LogP contribution in [0.25, 0.3) is 0 Å². The molecule has 0 aliphatic heterocycles. The summed E-state index contributed by atoms with van der Waals surface area (Å²) < 4.78 is 26.1. The smallest absolute Gasteiger partial charge is 0.274 e. The molecule has 3 aromatic carbocycles. The van der Waals surface area contributed by atoms with Crippen molar-refractivity contribution in [2.45, 2.75) is 20.4 Å². The van der Waals surface area contributed by atoms with Gasteiger partial charge >= 0.3 is 0 Å². The first kappa shape index (κ1) is 23.0. The van der Waals surface area contributed by atoms with Crippen LogP contribution in [0.5, 0.6) is 0 Å². The van der Waals surface area contributed by atoms with E-state index in [1.807, 2.05) is 31.2 Å². The molecule has 0 saturated heterocycles. The van der Waals surface area contributed by atoms with Crippen LogP contribution in [0, 0.1) is 24.0 Å². The molecule has 0 aliphatic rings. The average molecular weight is 454 g/mol. The number of hydrogen-bond donors (Lipinski definition) is 1. The predicted octanol–water partition coefficient (Wildman–Crippen LogP) is 4.43. The van der Waals surface area contributed by atoms with E-state index in [-0.39, 0.29) is 12.2 Å². The molecule has 0 bridgehead atoms. The number of anilines is 2. The number of nitrogens with one attached hydrogen (secondary N) is 1. The van der Waals surface area contributed by atoms with Crippen molar-refractivity contribution in [3.05, 3.63) is 99.1 Å². The van der Waals surface area contributed by atoms with Crippen LogP contribution in [-0.4, -0.2) is 25.5 Å². The number of sulfonamides is 1. The molecule has 0 radical (unpaired) electrons. The van der Waals surface area contributed by atoms with E-state index in [2.05, 4.69) is 5.32 Å². The highest BCUT2D eigenvalue weighted by atomic mass is 32.2. The lowest BCUT2D eigenvalue weighted by molar-refractivity contribution is -0.385. The quantitative estimate of drug-likeness (QED) is 0.420. The highest BCUT2D eigenvalue weighted by molar-refractivity contribution is 7.92. The van der Waals surface area contributed by atoms with E-state index in [4.69, 9.17) is 0 Å². The Kier molecular flexibility index (Phi) is 6.59. The third-order valence-corrected chi connectivity index (χ3v) is 6.28. The fourth-order valence-electron chi connectivity index (χ4n) is 3.27. The van der Waals surface area contributed by atoms with Crippen molar-refractivity contribution >= 4 is 33.0 Å². The lowest BCUT2D eigenvalue weighted by Gasteiger charge is -2.23. The molecular weight excluding hydrogens is 430 g/mol. The van der Waals surface area contributed by atoms with Gasteiger partial charge in [0.1, 0.15) is 0 Å². The van der Waals surface area contributed by atoms with Crippen LogP contribution < -0.4 is 9.62 Å². The van der Waals surface area contributed by atoms with Crippen molar-refractivity contribution in [3.8, 4) is 0 Å². The molecule has 0 fully saturated rings. The van der Waals surface area contributed by atoms with E-state index in [1.165, 1.54) is 28.6 Å². The molecule has 1 amide bonds. The SMILES string of the molecule is Cc1ccccc1CN(c1ccc(C(=O)Nc2cccc([N+](=O)[O-])c2C)cc1)S(C)(=O)=O. The summed E-state index contributed by atoms with van der Waals surface area (Å²) in [5, 5.41) is 13.8. The molecule has 0 atom stereocenters. The second kappa shape index (κ2) is 9.19. The summed E-state index contributed by atoms with van der Waals surface area (Å²) in [6.07, 6.45) is 1.14. The Bertz CT molecular complexity index is 1270. The summed E-state index contributed by atoms with van der Waals surface area (Å²) >= 11 is 0. The zero-order valence-corrected chi connectivity index (χ0v) is 18.7. The Morgan fingerprint density at radius 3 is 2.25 bits per heavy atom. The van der Waals surface area contributed by atoms with Crippen LogP contribution in [0.1, 0.15) is 27.0 Å². The fraction of sp³-hybridized carbons (Fsp3) is 0.174. The number of rotatable bonds is 7. The van der Waals surface area contributed by atoms with Gasteiger partial charge in [0.15, 0.2) is 0 Å². The van der Waals surface area contributed by atoms with Gasteiger partial charge in [-0.2, -0.15) is 0 Å². The van der Waals surface area contributed by atoms with Gasteiger partial charge in [0, 0.05) is 11.6 Å². The summed E-state index contributed by atoms with van der Waals surface area (Å²) in [6, 6.07) is 18.2. The molecule has 0 heterocycles. The maximum atomic E-state index is 12.6. The topological polar surface area (TPSA) is 110 Å². The highest BCUT2D eigenvalue weighted by Crippen LogP contribution is 2.26. The molecular formula is C23H23N3O5S. The van der Waals surface area contributed by atoms with Gasteiger partial charge in [0.2, 0.25) is 10.0 Å². The lowest BCUT2D eigenvalue weighted by Crippen LogP contribution is -2.29. The van der Waals surface area contributed by atoms with Gasteiger partial charge in [0.25, 0.3) is 11.6 Å². The number of nitrogens with zero attached hydrogens (tertiary/aromatic N) is 2. The number of benzene rings is 3. The number of carbonyl (C=O) groups excluding carboxylic acids is 1. The zero-order chi connectivity index (χ0) is 23.5. The normalized spacial score (nSPS) is 11.1. The molecule has 0 saturated carbocycles. The highest BCUT2D eigenvalue weighted by Gasteiger charge is 2.20. The lowest BCUT2D eigenvalue weighted by atomic mass is 10.1. The van der Waals surface area contributed by atoms with Gasteiger partial charge in [-0.1, -0.05) is 30.3 Å². The summed E-state index contributed by atoms with van der Waals surface area (Å²) in [4.78, 5) is 23.2. The molecule has 0 unspecified atom stereocenters. The molecule has 3 aromatic rings. The number of amides is 1. The summed E-state index contributed by atoms with van der Waals surface area (Å²) in [5.74, 6) is -0.454. The first-order valence-corrected chi connectivity index (χ1v) is 11.6. The summed E-state index contributed by atoms with van der Waals surface area (Å²) in [7, 11) is -3.56. The van der Waals surface area contributed by atoms with Crippen molar-refractivity contribution in [2.75, 3.05) is 15.9 Å². The summed E-state index contributed by atoms with van der Waals surface area (Å²) in [5.41, 5.74) is 3.18. The number of hydrogen-bond acceptors (Lipinski definition) is 5. The molecule has 3 rings (SSSR count). The predicted molar refractivity (Wildman–Crippen MR) is 124 cm³/mol. The molecule has 0 aliphatic carbocycles. The average Bonchev–Trinajstić information content (AvgIpc) is 2.73. The zero-order valence-electron chi connectivity index (χ0n) is 17.9. The van der Waals surface area contributed by atoms with Gasteiger partial charge in [-0.25, -0.2) is 8.42 Å². The first-order valence-electron chi connectivity index (χ1n) is 9.75. The van der Waals surface area contributed by atoms with Crippen LogP contribution in [0.3, 0.4) is 0 Å². The number of nitro benzene ring substituents is 1. The van der Waals surface area contributed by atoms with Crippen LogP contribution in [0.2, 0.25) is 0 Å². The van der Waals surface area contributed by atoms with Crippen molar-refractivity contribution in [2.24, 2.45) is 0 Å². The number of nitro groups is 1. The number of carbonyl (C=O) groups is 1. The molecule has 166 valence electrons. The van der Waals surface area contributed by atoms with Crippen LogP contribution in [0.15, 0.2) is 66.7 Å². The van der Waals surface area contributed by atoms with Gasteiger partial charge in [-0.15, -0.1) is 0 Å². The minimum Gasteiger partial charge on any atom is -0.321 e. The van der Waals surface area contributed by atoms with E-state index >= 15 is 0 Å². The maximum Gasteiger partial charge on any atom is 0.274 e. The number of aryl methyl sites for hydroxylation is 1. The van der Waals surface area contributed by atoms with Crippen LogP contribution in [0.4, 0.5) is 17.1 Å². The van der Waals surface area contributed by atoms with Crippen molar-refractivity contribution in [1.29, 1.82) is 0 Å². The second-order valence-electron chi connectivity index (χ2n) is 7.40. The van der Waals surface area contributed by atoms with Crippen LogP contribution in [-0.2, 0) is 16.6 Å². The van der Waals surface area contributed by atoms with E-state index in [0.717, 1.165) is 17.4 Å². The Morgan fingerprint density at radius 1 is 1.00 bits per heavy atom. The second-order valence-corrected chi connectivity index (χ2v) is 9.31. The fourth-order valence-corrected chi connectivity index (χ4v) is 4.15. The Balaban J connectivity index is 1.84. The molecule has 0 spiro atoms. The largest absolute Gasteiger partial charge is 0.321 e. The Labute approximate surface area is 186 Å². The van der Waals surface area contributed by atoms with E-state index in [9.17, 15) is 23.3 Å². The van der Waals surface area contributed by atoms with Crippen molar-refractivity contribution < 1.29 is 18.1 Å². The monoisotopic (exact) mass is 453 g/mol. The molecule has 1 N–H and O–H groups in total. The Hall–Kier alpha value is -3.72. The summed E-state index contributed by atoms with van der Waals surface area (Å²) in [6.45, 7) is 3.65. The van der Waals surface area contributed by atoms with Gasteiger partial charge in [0.05, 0.1) is 34.7 Å². The van der Waals surface area contributed by atoms with Gasteiger partial charge in [-0.3, -0.25) is 19.2 Å². The minimum absolute atomic E-state index is 0.0850.